The summed E-state index contributed by atoms with van der Waals surface area (Å²) in [7, 11) is 0. The molecule has 0 fully saturated rings. The SMILES string of the molecule is CC1(C)c2cc(/C=C3/C(=O)c4cc5cc[te]c5cc4C3=O)[te]c2-n2c3ccccc3c3cccc1c32. The molecule has 36 heavy (non-hydrogen) atoms. The topological polar surface area (TPSA) is 39.1 Å². The minimum absolute atomic E-state index is 0.105. The van der Waals surface area contributed by atoms with Gasteiger partial charge < -0.3 is 0 Å². The normalized spacial score (nSPS) is 17.0. The van der Waals surface area contributed by atoms with Crippen LogP contribution < -0.4 is 0 Å². The standard InChI is InChI=1S/C31H19NO2Te2/c1-31(2)23-8-5-7-19-18-6-3-4-9-25(18)32(27(19)23)30-24(31)14-17(36-30)13-22-28(33)20-12-16-10-11-35-26(16)15-21(20)29(22)34/h3-15H,1-2H3/b22-13-. The molecule has 172 valence electrons. The van der Waals surface area contributed by atoms with E-state index in [1.54, 1.807) is 0 Å². The number of Topliss-reactive ketones (excluding diaryl/α,β-unsaturated/α-hetero) is 2. The van der Waals surface area contributed by atoms with Crippen molar-refractivity contribution < 1.29 is 9.59 Å². The molecule has 3 nitrogen and oxygen atoms in total. The Morgan fingerprint density at radius 1 is 0.833 bits per heavy atom. The van der Waals surface area contributed by atoms with Crippen LogP contribution in [0.2, 0.25) is 0 Å². The van der Waals surface area contributed by atoms with Crippen LogP contribution in [0.15, 0.2) is 76.4 Å². The third kappa shape index (κ3) is 2.65. The third-order valence-corrected chi connectivity index (χ3v) is 13.4. The van der Waals surface area contributed by atoms with Gasteiger partial charge in [0.2, 0.25) is 0 Å². The molecule has 0 amide bonds. The average Bonchev–Trinajstić information content (AvgIpc) is 3.63. The summed E-state index contributed by atoms with van der Waals surface area (Å²) in [5.41, 5.74) is 6.57. The first kappa shape index (κ1) is 21.4. The molecule has 0 unspecified atom stereocenters. The fourth-order valence-corrected chi connectivity index (χ4v) is 12.0. The first-order valence-corrected chi connectivity index (χ1v) is 16.8. The monoisotopic (exact) mass is 697 g/mol. The van der Waals surface area contributed by atoms with Gasteiger partial charge in [0.15, 0.2) is 0 Å². The van der Waals surface area contributed by atoms with Gasteiger partial charge in [0, 0.05) is 0 Å². The van der Waals surface area contributed by atoms with Gasteiger partial charge in [-0.3, -0.25) is 0 Å². The third-order valence-electron chi connectivity index (χ3n) is 7.83. The maximum absolute atomic E-state index is 13.4. The van der Waals surface area contributed by atoms with Crippen LogP contribution in [0.25, 0.3) is 40.4 Å². The molecule has 0 spiro atoms. The number of hydrogen-bond donors (Lipinski definition) is 0. The summed E-state index contributed by atoms with van der Waals surface area (Å²) in [6.45, 7) is 4.61. The van der Waals surface area contributed by atoms with E-state index >= 15 is 0 Å². The summed E-state index contributed by atoms with van der Waals surface area (Å²) in [6.07, 6.45) is 1.92. The number of allylic oxidation sites excluding steroid dienone is 1. The predicted octanol–water partition coefficient (Wildman–Crippen LogP) is 6.15. The summed E-state index contributed by atoms with van der Waals surface area (Å²) in [4.78, 5) is 26.7. The Morgan fingerprint density at radius 2 is 1.61 bits per heavy atom. The molecular formula is C31H19NO2Te2. The molecule has 1 aliphatic carbocycles. The molecule has 0 radical (unpaired) electrons. The average molecular weight is 693 g/mol. The van der Waals surface area contributed by atoms with Crippen molar-refractivity contribution in [2.45, 2.75) is 19.3 Å². The van der Waals surface area contributed by atoms with Crippen LogP contribution >= 0.6 is 0 Å². The molecule has 0 atom stereocenters. The van der Waals surface area contributed by atoms with Gasteiger partial charge in [-0.1, -0.05) is 0 Å². The number of benzene rings is 3. The van der Waals surface area contributed by atoms with Crippen LogP contribution in [0, 0.1) is 0 Å². The van der Waals surface area contributed by atoms with Crippen LogP contribution in [0.1, 0.15) is 49.3 Å². The Labute approximate surface area is 226 Å². The number of carbonyl (C=O) groups excluding carboxylic acids is 2. The molecule has 0 saturated heterocycles. The van der Waals surface area contributed by atoms with Gasteiger partial charge in [0.25, 0.3) is 0 Å². The summed E-state index contributed by atoms with van der Waals surface area (Å²) in [5.74, 6) is -0.222. The number of fused-ring (bicyclic) bond motifs is 7. The van der Waals surface area contributed by atoms with Crippen molar-refractivity contribution in [1.29, 1.82) is 0 Å². The van der Waals surface area contributed by atoms with Crippen molar-refractivity contribution >= 4 is 89.1 Å². The Morgan fingerprint density at radius 3 is 2.47 bits per heavy atom. The van der Waals surface area contributed by atoms with Gasteiger partial charge in [-0.2, -0.15) is 0 Å². The zero-order chi connectivity index (χ0) is 24.3. The molecule has 8 rings (SSSR count). The summed E-state index contributed by atoms with van der Waals surface area (Å²) in [5, 5.41) is 3.69. The van der Waals surface area contributed by atoms with Crippen molar-refractivity contribution in [2.24, 2.45) is 0 Å². The minimum atomic E-state index is -0.798. The number of ketones is 2. The van der Waals surface area contributed by atoms with Crippen molar-refractivity contribution in [3.8, 4) is 3.70 Å². The van der Waals surface area contributed by atoms with Crippen LogP contribution in [-0.2, 0) is 5.41 Å². The predicted molar refractivity (Wildman–Crippen MR) is 147 cm³/mol. The molecule has 0 bridgehead atoms. The van der Waals surface area contributed by atoms with Gasteiger partial charge in [-0.05, 0) is 0 Å². The number of carbonyl (C=O) groups is 2. The second-order valence-corrected chi connectivity index (χ2v) is 15.9. The molecule has 5 heteroatoms. The number of hydrogen-bond acceptors (Lipinski definition) is 2. The number of aromatic nitrogens is 1. The molecule has 2 aliphatic rings. The molecular weight excluding hydrogens is 674 g/mol. The fraction of sp³-hybridized carbons (Fsp3) is 0.0968. The maximum atomic E-state index is 13.4. The van der Waals surface area contributed by atoms with Gasteiger partial charge in [0.1, 0.15) is 0 Å². The molecule has 6 aromatic rings. The van der Waals surface area contributed by atoms with Crippen molar-refractivity contribution in [3.63, 3.8) is 0 Å². The summed E-state index contributed by atoms with van der Waals surface area (Å²) in [6, 6.07) is 23.6. The number of rotatable bonds is 1. The fourth-order valence-electron chi connectivity index (χ4n) is 6.02. The number of nitrogens with zero attached hydrogens (tertiary/aromatic N) is 1. The number of para-hydroxylation sites is 2. The Hall–Kier alpha value is -2.66. The molecule has 0 N–H and O–H groups in total. The summed E-state index contributed by atoms with van der Waals surface area (Å²) >= 11 is -1.18. The Kier molecular flexibility index (Phi) is 4.30. The molecule has 1 aliphatic heterocycles. The van der Waals surface area contributed by atoms with E-state index in [1.165, 1.54) is 40.0 Å². The van der Waals surface area contributed by atoms with E-state index < -0.39 is 20.4 Å². The van der Waals surface area contributed by atoms with E-state index in [-0.39, 0.29) is 37.4 Å². The summed E-state index contributed by atoms with van der Waals surface area (Å²) < 4.78 is 8.48. The van der Waals surface area contributed by atoms with Gasteiger partial charge in [-0.25, -0.2) is 0 Å². The van der Waals surface area contributed by atoms with E-state index in [9.17, 15) is 9.59 Å². The second-order valence-electron chi connectivity index (χ2n) is 10.1. The first-order chi connectivity index (χ1) is 17.4. The molecule has 4 heterocycles. The molecule has 3 aromatic carbocycles. The van der Waals surface area contributed by atoms with E-state index in [1.807, 2.05) is 18.2 Å². The zero-order valence-corrected chi connectivity index (χ0v) is 24.2. The van der Waals surface area contributed by atoms with Crippen LogP contribution in [0.5, 0.6) is 0 Å². The van der Waals surface area contributed by atoms with E-state index in [4.69, 9.17) is 0 Å². The van der Waals surface area contributed by atoms with E-state index in [0.29, 0.717) is 16.7 Å². The molecule has 3 aromatic heterocycles. The van der Waals surface area contributed by atoms with Gasteiger partial charge >= 0.3 is 228 Å². The van der Waals surface area contributed by atoms with Crippen LogP contribution in [0.3, 0.4) is 0 Å². The van der Waals surface area contributed by atoms with Gasteiger partial charge in [-0.15, -0.1) is 0 Å². The van der Waals surface area contributed by atoms with E-state index in [2.05, 4.69) is 77.1 Å². The van der Waals surface area contributed by atoms with Crippen molar-refractivity contribution in [3.05, 3.63) is 102 Å². The Balaban J connectivity index is 1.35. The first-order valence-electron chi connectivity index (χ1n) is 11.9. The second kappa shape index (κ2) is 7.22. The zero-order valence-electron chi connectivity index (χ0n) is 19.6. The van der Waals surface area contributed by atoms with Crippen LogP contribution in [-0.4, -0.2) is 57.0 Å². The van der Waals surface area contributed by atoms with Crippen molar-refractivity contribution in [1.82, 2.24) is 4.57 Å². The van der Waals surface area contributed by atoms with Crippen molar-refractivity contribution in [2.75, 3.05) is 0 Å². The van der Waals surface area contributed by atoms with Crippen LogP contribution in [0.4, 0.5) is 0 Å². The quantitative estimate of drug-likeness (QED) is 0.118. The molecule has 0 saturated carbocycles. The Bertz CT molecular complexity index is 1960. The van der Waals surface area contributed by atoms with E-state index in [0.717, 1.165) is 8.97 Å². The van der Waals surface area contributed by atoms with Gasteiger partial charge in [0.05, 0.1) is 0 Å².